The van der Waals surface area contributed by atoms with Gasteiger partial charge in [0.1, 0.15) is 17.2 Å². The van der Waals surface area contributed by atoms with Crippen molar-refractivity contribution in [2.45, 2.75) is 71.9 Å². The van der Waals surface area contributed by atoms with Crippen molar-refractivity contribution in [3.63, 3.8) is 0 Å². The molecule has 186 valence electrons. The van der Waals surface area contributed by atoms with E-state index in [9.17, 15) is 14.4 Å². The largest absolute Gasteiger partial charge is 0.484 e. The third-order valence-corrected chi connectivity index (χ3v) is 5.73. The summed E-state index contributed by atoms with van der Waals surface area (Å²) < 4.78 is 13.4. The van der Waals surface area contributed by atoms with Crippen molar-refractivity contribution >= 4 is 28.8 Å². The van der Waals surface area contributed by atoms with Gasteiger partial charge in [-0.15, -0.1) is 0 Å². The van der Waals surface area contributed by atoms with Crippen LogP contribution in [0, 0.1) is 0 Å². The number of nitrogens with zero attached hydrogens (tertiary/aromatic N) is 3. The lowest BCUT2D eigenvalue weighted by Gasteiger charge is -2.33. The van der Waals surface area contributed by atoms with Crippen LogP contribution in [0.5, 0.6) is 5.75 Å². The van der Waals surface area contributed by atoms with Crippen LogP contribution >= 0.6 is 0 Å². The van der Waals surface area contributed by atoms with Gasteiger partial charge < -0.3 is 24.3 Å². The number of imidazole rings is 1. The molecule has 9 nitrogen and oxygen atoms in total. The van der Waals surface area contributed by atoms with Crippen molar-refractivity contribution in [1.29, 1.82) is 0 Å². The van der Waals surface area contributed by atoms with E-state index < -0.39 is 5.60 Å². The Hall–Kier alpha value is -3.10. The minimum absolute atomic E-state index is 0.0595. The first-order valence-corrected chi connectivity index (χ1v) is 11.9. The Morgan fingerprint density at radius 2 is 1.88 bits per heavy atom. The van der Waals surface area contributed by atoms with Crippen molar-refractivity contribution in [3.05, 3.63) is 24.0 Å². The maximum atomic E-state index is 12.3. The summed E-state index contributed by atoms with van der Waals surface area (Å²) in [5.74, 6) is 1.04. The minimum atomic E-state index is -0.535. The molecule has 2 amide bonds. The van der Waals surface area contributed by atoms with Crippen LogP contribution in [0.3, 0.4) is 0 Å². The molecule has 0 unspecified atom stereocenters. The molecule has 1 aromatic heterocycles. The van der Waals surface area contributed by atoms with E-state index in [1.54, 1.807) is 13.0 Å². The molecule has 0 radical (unpaired) electrons. The zero-order valence-electron chi connectivity index (χ0n) is 20.8. The third-order valence-electron chi connectivity index (χ3n) is 5.73. The Kier molecular flexibility index (Phi) is 8.17. The maximum Gasteiger partial charge on any atom is 0.306 e. The standard InChI is InChI=1S/C25H36N4O5/c1-6-26-23(31)16-33-19-7-8-20-21(15-19)29(18-11-13-28(14-12-18)17(2)30)22(27-20)9-10-24(32)34-25(3,4)5/h7-8,15,18H,6,9-14,16H2,1-5H3,(H,26,31). The number of nitrogens with one attached hydrogen (secondary N) is 1. The molecule has 1 aliphatic heterocycles. The van der Waals surface area contributed by atoms with Gasteiger partial charge in [-0.3, -0.25) is 14.4 Å². The van der Waals surface area contributed by atoms with Crippen LogP contribution in [0.1, 0.15) is 65.7 Å². The van der Waals surface area contributed by atoms with E-state index in [-0.39, 0.29) is 36.9 Å². The van der Waals surface area contributed by atoms with Crippen LogP contribution in [0.2, 0.25) is 0 Å². The van der Waals surface area contributed by atoms with Crippen LogP contribution in [0.15, 0.2) is 18.2 Å². The van der Waals surface area contributed by atoms with Crippen molar-refractivity contribution in [2.24, 2.45) is 0 Å². The lowest BCUT2D eigenvalue weighted by atomic mass is 10.0. The van der Waals surface area contributed by atoms with E-state index in [1.807, 2.05) is 44.7 Å². The first kappa shape index (κ1) is 25.5. The van der Waals surface area contributed by atoms with Crippen LogP contribution < -0.4 is 10.1 Å². The molecule has 1 aromatic carbocycles. The second kappa shape index (κ2) is 10.9. The van der Waals surface area contributed by atoms with Gasteiger partial charge in [0.15, 0.2) is 6.61 Å². The molecule has 2 heterocycles. The number of aryl methyl sites for hydroxylation is 1. The summed E-state index contributed by atoms with van der Waals surface area (Å²) in [6, 6.07) is 5.72. The van der Waals surface area contributed by atoms with Crippen molar-refractivity contribution in [2.75, 3.05) is 26.2 Å². The number of piperidine rings is 1. The average molecular weight is 473 g/mol. The summed E-state index contributed by atoms with van der Waals surface area (Å²) >= 11 is 0. The number of carbonyl (C=O) groups excluding carboxylic acids is 3. The molecular formula is C25H36N4O5. The Morgan fingerprint density at radius 1 is 1.18 bits per heavy atom. The number of likely N-dealkylation sites (N-methyl/N-ethyl adjacent to an activating group) is 1. The van der Waals surface area contributed by atoms with Crippen LogP contribution in [-0.2, 0) is 25.5 Å². The van der Waals surface area contributed by atoms with E-state index in [0.29, 0.717) is 31.8 Å². The van der Waals surface area contributed by atoms with Gasteiger partial charge in [0.05, 0.1) is 17.5 Å². The average Bonchev–Trinajstić information content (AvgIpc) is 3.13. The lowest BCUT2D eigenvalue weighted by molar-refractivity contribution is -0.154. The Bertz CT molecular complexity index is 1030. The van der Waals surface area contributed by atoms with Crippen molar-refractivity contribution in [3.8, 4) is 5.75 Å². The molecule has 2 aromatic rings. The van der Waals surface area contributed by atoms with Crippen molar-refractivity contribution in [1.82, 2.24) is 19.8 Å². The summed E-state index contributed by atoms with van der Waals surface area (Å²) in [5, 5.41) is 2.72. The van der Waals surface area contributed by atoms with Gasteiger partial charge in [-0.25, -0.2) is 4.98 Å². The highest BCUT2D eigenvalue weighted by Crippen LogP contribution is 2.31. The lowest BCUT2D eigenvalue weighted by Crippen LogP contribution is -2.38. The number of fused-ring (bicyclic) bond motifs is 1. The molecule has 9 heteroatoms. The number of ether oxygens (including phenoxy) is 2. The van der Waals surface area contributed by atoms with E-state index in [4.69, 9.17) is 14.5 Å². The van der Waals surface area contributed by atoms with Crippen LogP contribution in [0.25, 0.3) is 11.0 Å². The second-order valence-electron chi connectivity index (χ2n) is 9.61. The maximum absolute atomic E-state index is 12.3. The first-order chi connectivity index (χ1) is 16.1. The van der Waals surface area contributed by atoms with E-state index in [0.717, 1.165) is 29.7 Å². The molecule has 1 aliphatic rings. The molecule has 3 rings (SSSR count). The SMILES string of the molecule is CCNC(=O)COc1ccc2nc(CCC(=O)OC(C)(C)C)n(C3CCN(C(C)=O)CC3)c2c1. The first-order valence-electron chi connectivity index (χ1n) is 11.9. The predicted molar refractivity (Wildman–Crippen MR) is 129 cm³/mol. The molecule has 0 spiro atoms. The smallest absolute Gasteiger partial charge is 0.306 e. The molecule has 0 bridgehead atoms. The highest BCUT2D eigenvalue weighted by atomic mass is 16.6. The normalized spacial score (nSPS) is 14.8. The highest BCUT2D eigenvalue weighted by molar-refractivity contribution is 5.80. The van der Waals surface area contributed by atoms with Crippen LogP contribution in [0.4, 0.5) is 0 Å². The van der Waals surface area contributed by atoms with Gasteiger partial charge >= 0.3 is 5.97 Å². The number of benzene rings is 1. The number of esters is 1. The minimum Gasteiger partial charge on any atom is -0.484 e. The van der Waals surface area contributed by atoms with Gasteiger partial charge in [-0.1, -0.05) is 0 Å². The Labute approximate surface area is 200 Å². The number of amides is 2. The topological polar surface area (TPSA) is 103 Å². The third kappa shape index (κ3) is 6.71. The Morgan fingerprint density at radius 3 is 2.50 bits per heavy atom. The summed E-state index contributed by atoms with van der Waals surface area (Å²) in [6.45, 7) is 10.9. The van der Waals surface area contributed by atoms with E-state index in [1.165, 1.54) is 0 Å². The van der Waals surface area contributed by atoms with Gasteiger partial charge in [-0.2, -0.15) is 0 Å². The zero-order chi connectivity index (χ0) is 24.9. The highest BCUT2D eigenvalue weighted by Gasteiger charge is 2.26. The number of likely N-dealkylation sites (tertiary alicyclic amines) is 1. The van der Waals surface area contributed by atoms with Gasteiger partial charge in [0.25, 0.3) is 5.91 Å². The van der Waals surface area contributed by atoms with Crippen molar-refractivity contribution < 1.29 is 23.9 Å². The zero-order valence-corrected chi connectivity index (χ0v) is 20.8. The molecule has 1 fully saturated rings. The van der Waals surface area contributed by atoms with Gasteiger partial charge in [0.2, 0.25) is 5.91 Å². The van der Waals surface area contributed by atoms with Crippen LogP contribution in [-0.4, -0.2) is 64.1 Å². The van der Waals surface area contributed by atoms with E-state index in [2.05, 4.69) is 9.88 Å². The molecule has 1 saturated heterocycles. The fraction of sp³-hybridized carbons (Fsp3) is 0.600. The number of hydrogen-bond acceptors (Lipinski definition) is 6. The number of carbonyl (C=O) groups is 3. The summed E-state index contributed by atoms with van der Waals surface area (Å²) in [7, 11) is 0. The molecular weight excluding hydrogens is 436 g/mol. The number of rotatable bonds is 8. The summed E-state index contributed by atoms with van der Waals surface area (Å²) in [5.41, 5.74) is 1.17. The predicted octanol–water partition coefficient (Wildman–Crippen LogP) is 3.01. The van der Waals surface area contributed by atoms with Gasteiger partial charge in [-0.05, 0) is 52.7 Å². The fourth-order valence-electron chi connectivity index (χ4n) is 4.24. The number of hydrogen-bond donors (Lipinski definition) is 1. The van der Waals surface area contributed by atoms with E-state index >= 15 is 0 Å². The monoisotopic (exact) mass is 472 g/mol. The fourth-order valence-corrected chi connectivity index (χ4v) is 4.24. The second-order valence-corrected chi connectivity index (χ2v) is 9.61. The molecule has 34 heavy (non-hydrogen) atoms. The quantitative estimate of drug-likeness (QED) is 0.593. The Balaban J connectivity index is 1.86. The molecule has 0 atom stereocenters. The molecule has 1 N–H and O–H groups in total. The summed E-state index contributed by atoms with van der Waals surface area (Å²) in [4.78, 5) is 42.6. The molecule has 0 aliphatic carbocycles. The number of aromatic nitrogens is 2. The van der Waals surface area contributed by atoms with Gasteiger partial charge in [0, 0.05) is 45.1 Å². The molecule has 0 saturated carbocycles. The summed E-state index contributed by atoms with van der Waals surface area (Å²) in [6.07, 6.45) is 2.28.